The molecule has 1 saturated heterocycles. The van der Waals surface area contributed by atoms with Crippen LogP contribution in [0.5, 0.6) is 0 Å². The zero-order valence-electron chi connectivity index (χ0n) is 17.9. The number of hydrogen-bond donors (Lipinski definition) is 2. The summed E-state index contributed by atoms with van der Waals surface area (Å²) in [5.74, 6) is -1.42. The van der Waals surface area contributed by atoms with Crippen LogP contribution < -0.4 is 5.73 Å². The Morgan fingerprint density at radius 1 is 1.25 bits per heavy atom. The van der Waals surface area contributed by atoms with Crippen LogP contribution in [0.2, 0.25) is 0 Å². The predicted octanol–water partition coefficient (Wildman–Crippen LogP) is 3.85. The van der Waals surface area contributed by atoms with Gasteiger partial charge in [-0.25, -0.2) is 14.3 Å². The van der Waals surface area contributed by atoms with Crippen LogP contribution in [0, 0.1) is 6.92 Å². The van der Waals surface area contributed by atoms with E-state index in [1.165, 1.54) is 25.9 Å². The van der Waals surface area contributed by atoms with Crippen molar-refractivity contribution in [1.82, 2.24) is 19.5 Å². The molecule has 0 saturated carbocycles. The number of aromatic carboxylic acids is 1. The largest absolute Gasteiger partial charge is 0.476 e. The lowest BCUT2D eigenvalue weighted by Crippen LogP contribution is -2.34. The van der Waals surface area contributed by atoms with E-state index in [0.717, 1.165) is 24.2 Å². The third kappa shape index (κ3) is 5.25. The van der Waals surface area contributed by atoms with Crippen LogP contribution in [-0.2, 0) is 6.18 Å². The molecule has 1 unspecified atom stereocenters. The summed E-state index contributed by atoms with van der Waals surface area (Å²) < 4.78 is 40.3. The smallest absolute Gasteiger partial charge is 0.433 e. The van der Waals surface area contributed by atoms with Gasteiger partial charge in [-0.15, -0.1) is 0 Å². The zero-order chi connectivity index (χ0) is 23.5. The molecule has 0 amide bonds. The second-order valence-corrected chi connectivity index (χ2v) is 7.66. The molecule has 1 aromatic carbocycles. The van der Waals surface area contributed by atoms with Crippen molar-refractivity contribution in [1.29, 1.82) is 0 Å². The maximum atomic E-state index is 13.3. The Balaban J connectivity index is 0.000000269. The molecule has 3 aromatic rings. The topological polar surface area (TPSA) is 96.8 Å². The summed E-state index contributed by atoms with van der Waals surface area (Å²) >= 11 is 0. The Morgan fingerprint density at radius 2 is 1.94 bits per heavy atom. The third-order valence-electron chi connectivity index (χ3n) is 5.46. The van der Waals surface area contributed by atoms with Crippen LogP contribution in [0.4, 0.5) is 13.2 Å². The van der Waals surface area contributed by atoms with E-state index in [0.29, 0.717) is 16.1 Å². The molecule has 0 aliphatic carbocycles. The average molecular weight is 449 g/mol. The fraction of sp³-hybridized carbons (Fsp3) is 0.409. The van der Waals surface area contributed by atoms with Gasteiger partial charge < -0.3 is 10.8 Å². The highest BCUT2D eigenvalue weighted by Crippen LogP contribution is 2.32. The monoisotopic (exact) mass is 449 g/mol. The number of nitrogens with two attached hydrogens (primary N) is 1. The van der Waals surface area contributed by atoms with Crippen molar-refractivity contribution in [3.05, 3.63) is 53.3 Å². The Hall–Kier alpha value is -2.98. The van der Waals surface area contributed by atoms with Gasteiger partial charge in [0.1, 0.15) is 0 Å². The molecule has 3 heterocycles. The molecular formula is C22H26F3N5O2. The normalized spacial score (nSPS) is 16.8. The van der Waals surface area contributed by atoms with Crippen LogP contribution >= 0.6 is 0 Å². The number of benzene rings is 1. The summed E-state index contributed by atoms with van der Waals surface area (Å²) in [4.78, 5) is 17.5. The molecule has 10 heteroatoms. The summed E-state index contributed by atoms with van der Waals surface area (Å²) in [6, 6.07) is 9.38. The van der Waals surface area contributed by atoms with Crippen molar-refractivity contribution in [3.8, 4) is 11.3 Å². The predicted molar refractivity (Wildman–Crippen MR) is 114 cm³/mol. The highest BCUT2D eigenvalue weighted by atomic mass is 19.4. The first-order chi connectivity index (χ1) is 15.1. The lowest BCUT2D eigenvalue weighted by atomic mass is 10.1. The minimum Gasteiger partial charge on any atom is -0.476 e. The van der Waals surface area contributed by atoms with Crippen LogP contribution in [0.3, 0.4) is 0 Å². The molecule has 3 N–H and O–H groups in total. The molecule has 0 spiro atoms. The van der Waals surface area contributed by atoms with Gasteiger partial charge in [-0.3, -0.25) is 4.90 Å². The molecule has 172 valence electrons. The number of aromatic nitrogens is 3. The van der Waals surface area contributed by atoms with Gasteiger partial charge in [0.15, 0.2) is 17.0 Å². The minimum atomic E-state index is -4.69. The van der Waals surface area contributed by atoms with Crippen molar-refractivity contribution >= 4 is 11.6 Å². The third-order valence-corrected chi connectivity index (χ3v) is 5.46. The molecule has 1 aliphatic heterocycles. The number of rotatable bonds is 4. The molecule has 0 radical (unpaired) electrons. The van der Waals surface area contributed by atoms with Crippen molar-refractivity contribution in [3.63, 3.8) is 0 Å². The Bertz CT molecular complexity index is 1070. The van der Waals surface area contributed by atoms with Gasteiger partial charge >= 0.3 is 12.1 Å². The van der Waals surface area contributed by atoms with Gasteiger partial charge in [0.25, 0.3) is 0 Å². The first-order valence-corrected chi connectivity index (χ1v) is 10.4. The SMILES string of the molecule is CCN1CCCC1CN.Cc1ccc(-c2cc(C(F)(F)F)n3nc(C(=O)O)cc3n2)cc1. The highest BCUT2D eigenvalue weighted by molar-refractivity contribution is 5.86. The van der Waals surface area contributed by atoms with Gasteiger partial charge in [0.05, 0.1) is 5.69 Å². The summed E-state index contributed by atoms with van der Waals surface area (Å²) in [6.45, 7) is 7.33. The van der Waals surface area contributed by atoms with Crippen LogP contribution in [0.1, 0.15) is 41.5 Å². The molecule has 2 aromatic heterocycles. The summed E-state index contributed by atoms with van der Waals surface area (Å²) in [6.07, 6.45) is -2.04. The fourth-order valence-corrected chi connectivity index (χ4v) is 3.73. The number of nitrogens with zero attached hydrogens (tertiary/aromatic N) is 4. The lowest BCUT2D eigenvalue weighted by molar-refractivity contribution is -0.142. The molecule has 4 rings (SSSR count). The van der Waals surface area contributed by atoms with E-state index in [2.05, 4.69) is 21.9 Å². The number of fused-ring (bicyclic) bond motifs is 1. The quantitative estimate of drug-likeness (QED) is 0.628. The molecule has 1 atom stereocenters. The first-order valence-electron chi connectivity index (χ1n) is 10.4. The average Bonchev–Trinajstić information content (AvgIpc) is 3.39. The zero-order valence-corrected chi connectivity index (χ0v) is 17.9. The molecule has 1 fully saturated rings. The number of likely N-dealkylation sites (N-methyl/N-ethyl adjacent to an activating group) is 1. The van der Waals surface area contributed by atoms with Crippen molar-refractivity contribution in [2.75, 3.05) is 19.6 Å². The summed E-state index contributed by atoms with van der Waals surface area (Å²) in [7, 11) is 0. The number of carboxylic acids is 1. The number of hydrogen-bond acceptors (Lipinski definition) is 5. The van der Waals surface area contributed by atoms with Gasteiger partial charge in [-0.2, -0.15) is 18.3 Å². The van der Waals surface area contributed by atoms with E-state index in [1.54, 1.807) is 24.3 Å². The Labute approximate surface area is 183 Å². The number of halogens is 3. The standard InChI is InChI=1S/C15H10F3N3O2.C7H16N2/c1-8-2-4-9(5-3-8)10-6-12(15(16,17)18)21-13(19-10)7-11(20-21)14(22)23;1-2-9-5-3-4-7(9)6-8/h2-7H,1H3,(H,22,23);7H,2-6,8H2,1H3. The maximum absolute atomic E-state index is 13.3. The van der Waals surface area contributed by atoms with E-state index in [-0.39, 0.29) is 11.3 Å². The first kappa shape index (κ1) is 23.7. The van der Waals surface area contributed by atoms with Crippen molar-refractivity contribution in [2.24, 2.45) is 5.73 Å². The number of alkyl halides is 3. The van der Waals surface area contributed by atoms with E-state index in [9.17, 15) is 18.0 Å². The molecule has 7 nitrogen and oxygen atoms in total. The van der Waals surface area contributed by atoms with E-state index in [1.807, 2.05) is 6.92 Å². The second kappa shape index (κ2) is 9.66. The molecule has 0 bridgehead atoms. The second-order valence-electron chi connectivity index (χ2n) is 7.66. The Kier molecular flexibility index (Phi) is 7.15. The van der Waals surface area contributed by atoms with Crippen molar-refractivity contribution in [2.45, 2.75) is 38.9 Å². The van der Waals surface area contributed by atoms with E-state index >= 15 is 0 Å². The van der Waals surface area contributed by atoms with Crippen molar-refractivity contribution < 1.29 is 23.1 Å². The van der Waals surface area contributed by atoms with Crippen LogP contribution in [-0.4, -0.2) is 56.2 Å². The van der Waals surface area contributed by atoms with E-state index in [4.69, 9.17) is 10.8 Å². The van der Waals surface area contributed by atoms with Gasteiger partial charge in [0, 0.05) is 24.2 Å². The van der Waals surface area contributed by atoms with Gasteiger partial charge in [0.2, 0.25) is 0 Å². The van der Waals surface area contributed by atoms with E-state index < -0.39 is 23.5 Å². The lowest BCUT2D eigenvalue weighted by Gasteiger charge is -2.20. The molecule has 1 aliphatic rings. The van der Waals surface area contributed by atoms with Gasteiger partial charge in [-0.1, -0.05) is 36.8 Å². The highest BCUT2D eigenvalue weighted by Gasteiger charge is 2.35. The van der Waals surface area contributed by atoms with Crippen LogP contribution in [0.15, 0.2) is 36.4 Å². The minimum absolute atomic E-state index is 0.0988. The fourth-order valence-electron chi connectivity index (χ4n) is 3.73. The number of carbonyl (C=O) groups is 1. The maximum Gasteiger partial charge on any atom is 0.433 e. The number of aryl methyl sites for hydroxylation is 1. The summed E-state index contributed by atoms with van der Waals surface area (Å²) in [5.41, 5.74) is 5.37. The van der Waals surface area contributed by atoms with Gasteiger partial charge in [-0.05, 0) is 38.9 Å². The molecule has 32 heavy (non-hydrogen) atoms. The van der Waals surface area contributed by atoms with Crippen LogP contribution in [0.25, 0.3) is 16.9 Å². The number of likely N-dealkylation sites (tertiary alicyclic amines) is 1. The number of carboxylic acid groups (broad SMARTS) is 1. The molecular weight excluding hydrogens is 423 g/mol. The Morgan fingerprint density at radius 3 is 2.47 bits per heavy atom. The summed E-state index contributed by atoms with van der Waals surface area (Å²) in [5, 5.41) is 12.4.